The number of rotatable bonds is 11. The molecule has 0 bridgehead atoms. The van der Waals surface area contributed by atoms with Crippen LogP contribution in [-0.2, 0) is 32.0 Å². The van der Waals surface area contributed by atoms with Crippen molar-refractivity contribution in [2.24, 2.45) is 5.73 Å². The predicted molar refractivity (Wildman–Crippen MR) is 133 cm³/mol. The topological polar surface area (TPSA) is 182 Å². The van der Waals surface area contributed by atoms with Gasteiger partial charge in [-0.3, -0.25) is 14.4 Å². The molecule has 198 valence electrons. The van der Waals surface area contributed by atoms with Gasteiger partial charge < -0.3 is 36.6 Å². The number of nitrogens with one attached hydrogen (secondary N) is 2. The number of phenolic OH excluding ortho intramolecular Hbond substituents is 1. The molecule has 0 aliphatic carbocycles. The van der Waals surface area contributed by atoms with Crippen LogP contribution < -0.4 is 16.4 Å². The lowest BCUT2D eigenvalue weighted by Crippen LogP contribution is -2.57. The number of amides is 3. The summed E-state index contributed by atoms with van der Waals surface area (Å²) in [6.45, 7) is -0.329. The van der Waals surface area contributed by atoms with Crippen molar-refractivity contribution in [2.45, 2.75) is 49.9 Å². The van der Waals surface area contributed by atoms with Gasteiger partial charge in [-0.1, -0.05) is 42.5 Å². The maximum absolute atomic E-state index is 13.5. The summed E-state index contributed by atoms with van der Waals surface area (Å²) >= 11 is 0. The maximum atomic E-state index is 13.5. The lowest BCUT2D eigenvalue weighted by molar-refractivity contribution is -0.145. The number of phenols is 1. The number of aliphatic hydroxyl groups is 1. The van der Waals surface area contributed by atoms with E-state index in [2.05, 4.69) is 10.6 Å². The average molecular weight is 513 g/mol. The molecule has 2 aromatic rings. The summed E-state index contributed by atoms with van der Waals surface area (Å²) in [7, 11) is 0. The van der Waals surface area contributed by atoms with Crippen molar-refractivity contribution in [3.05, 3.63) is 65.7 Å². The van der Waals surface area contributed by atoms with Crippen molar-refractivity contribution < 1.29 is 34.5 Å². The van der Waals surface area contributed by atoms with Crippen LogP contribution in [0.5, 0.6) is 5.75 Å². The van der Waals surface area contributed by atoms with Crippen LogP contribution >= 0.6 is 0 Å². The Morgan fingerprint density at radius 2 is 1.57 bits per heavy atom. The van der Waals surface area contributed by atoms with Crippen LogP contribution in [-0.4, -0.2) is 81.2 Å². The van der Waals surface area contributed by atoms with E-state index in [0.717, 1.165) is 5.56 Å². The molecule has 4 atom stereocenters. The monoisotopic (exact) mass is 512 g/mol. The van der Waals surface area contributed by atoms with Crippen molar-refractivity contribution in [1.82, 2.24) is 15.5 Å². The fourth-order valence-electron chi connectivity index (χ4n) is 4.25. The third kappa shape index (κ3) is 7.51. The van der Waals surface area contributed by atoms with Crippen molar-refractivity contribution in [2.75, 3.05) is 13.2 Å². The van der Waals surface area contributed by atoms with Gasteiger partial charge in [0, 0.05) is 19.4 Å². The number of aromatic hydroxyl groups is 1. The molecular formula is C26H32N4O7. The molecule has 11 heteroatoms. The minimum atomic E-state index is -1.24. The summed E-state index contributed by atoms with van der Waals surface area (Å²) < 4.78 is 0. The van der Waals surface area contributed by atoms with Gasteiger partial charge in [0.25, 0.3) is 0 Å². The smallest absolute Gasteiger partial charge is 0.326 e. The van der Waals surface area contributed by atoms with Gasteiger partial charge in [-0.15, -0.1) is 0 Å². The zero-order valence-corrected chi connectivity index (χ0v) is 20.2. The second kappa shape index (κ2) is 12.8. The molecule has 3 amide bonds. The molecule has 0 aromatic heterocycles. The standard InChI is InChI=1S/C26H32N4O7/c27-19(15-31)23(33)28-20(13-16-5-2-1-3-6-16)25(35)30-12-4-7-22(30)24(34)29-21(26(36)37)14-17-8-10-18(32)11-9-17/h1-3,5-6,8-11,19-22,31-32H,4,7,12-15,27H2,(H,28,33)(H,29,34)(H,36,37). The minimum absolute atomic E-state index is 0.00619. The van der Waals surface area contributed by atoms with Crippen LogP contribution in [0.4, 0.5) is 0 Å². The Balaban J connectivity index is 1.74. The Morgan fingerprint density at radius 3 is 2.19 bits per heavy atom. The average Bonchev–Trinajstić information content (AvgIpc) is 3.39. The number of carboxylic acid groups (broad SMARTS) is 1. The number of carboxylic acids is 1. The van der Waals surface area contributed by atoms with Crippen molar-refractivity contribution >= 4 is 23.7 Å². The number of carbonyl (C=O) groups excluding carboxylic acids is 3. The number of nitrogens with zero attached hydrogens (tertiary/aromatic N) is 1. The van der Waals surface area contributed by atoms with Crippen LogP contribution in [0, 0.1) is 0 Å². The van der Waals surface area contributed by atoms with Crippen LogP contribution in [0.3, 0.4) is 0 Å². The highest BCUT2D eigenvalue weighted by atomic mass is 16.4. The molecule has 1 aliphatic heterocycles. The maximum Gasteiger partial charge on any atom is 0.326 e. The van der Waals surface area contributed by atoms with Crippen LogP contribution in [0.2, 0.25) is 0 Å². The van der Waals surface area contributed by atoms with Crippen LogP contribution in [0.1, 0.15) is 24.0 Å². The molecule has 0 saturated carbocycles. The third-order valence-electron chi connectivity index (χ3n) is 6.26. The van der Waals surface area contributed by atoms with E-state index in [-0.39, 0.29) is 25.1 Å². The Kier molecular flexibility index (Phi) is 9.58. The van der Waals surface area contributed by atoms with Gasteiger partial charge in [0.05, 0.1) is 6.61 Å². The molecule has 7 N–H and O–H groups in total. The van der Waals surface area contributed by atoms with E-state index in [9.17, 15) is 34.5 Å². The van der Waals surface area contributed by atoms with Gasteiger partial charge in [0.15, 0.2) is 0 Å². The van der Waals surface area contributed by atoms with E-state index in [1.165, 1.54) is 17.0 Å². The molecule has 1 heterocycles. The van der Waals surface area contributed by atoms with Crippen molar-refractivity contribution in [3.63, 3.8) is 0 Å². The highest BCUT2D eigenvalue weighted by Gasteiger charge is 2.39. The molecule has 0 radical (unpaired) electrons. The summed E-state index contributed by atoms with van der Waals surface area (Å²) in [6, 6.07) is 10.6. The second-order valence-corrected chi connectivity index (χ2v) is 9.00. The van der Waals surface area contributed by atoms with E-state index >= 15 is 0 Å². The predicted octanol–water partition coefficient (Wildman–Crippen LogP) is -0.458. The molecular weight excluding hydrogens is 480 g/mol. The van der Waals surface area contributed by atoms with E-state index in [1.54, 1.807) is 36.4 Å². The first-order chi connectivity index (χ1) is 17.7. The number of carbonyl (C=O) groups is 4. The number of benzene rings is 2. The van der Waals surface area contributed by atoms with Crippen molar-refractivity contribution in [1.29, 1.82) is 0 Å². The number of hydrogen-bond donors (Lipinski definition) is 6. The SMILES string of the molecule is NC(CO)C(=O)NC(Cc1ccccc1)C(=O)N1CCCC1C(=O)NC(Cc1ccc(O)cc1)C(=O)O. The minimum Gasteiger partial charge on any atom is -0.508 e. The van der Waals surface area contributed by atoms with Crippen molar-refractivity contribution in [3.8, 4) is 5.75 Å². The lowest BCUT2D eigenvalue weighted by Gasteiger charge is -2.30. The van der Waals surface area contributed by atoms with E-state index in [4.69, 9.17) is 5.73 Å². The van der Waals surface area contributed by atoms with Gasteiger partial charge in [0.2, 0.25) is 17.7 Å². The Morgan fingerprint density at radius 1 is 0.946 bits per heavy atom. The zero-order valence-electron chi connectivity index (χ0n) is 20.2. The van der Waals surface area contributed by atoms with E-state index < -0.39 is 54.5 Å². The molecule has 4 unspecified atom stereocenters. The van der Waals surface area contributed by atoms with Gasteiger partial charge in [-0.05, 0) is 36.1 Å². The molecule has 1 fully saturated rings. The number of likely N-dealkylation sites (tertiary alicyclic amines) is 1. The Bertz CT molecular complexity index is 1090. The van der Waals surface area contributed by atoms with Gasteiger partial charge in [0.1, 0.15) is 29.9 Å². The first kappa shape index (κ1) is 27.6. The number of aliphatic hydroxyl groups excluding tert-OH is 1. The largest absolute Gasteiger partial charge is 0.508 e. The van der Waals surface area contributed by atoms with E-state index in [0.29, 0.717) is 18.4 Å². The molecule has 37 heavy (non-hydrogen) atoms. The number of nitrogens with two attached hydrogens (primary N) is 1. The highest BCUT2D eigenvalue weighted by Crippen LogP contribution is 2.20. The fraction of sp³-hybridized carbons (Fsp3) is 0.385. The zero-order chi connectivity index (χ0) is 26.9. The molecule has 1 saturated heterocycles. The van der Waals surface area contributed by atoms with Gasteiger partial charge in [-0.25, -0.2) is 4.79 Å². The van der Waals surface area contributed by atoms with Crippen LogP contribution in [0.15, 0.2) is 54.6 Å². The first-order valence-electron chi connectivity index (χ1n) is 12.0. The molecule has 1 aliphatic rings. The van der Waals surface area contributed by atoms with Crippen LogP contribution in [0.25, 0.3) is 0 Å². The van der Waals surface area contributed by atoms with E-state index in [1.807, 2.05) is 6.07 Å². The molecule has 3 rings (SSSR count). The highest BCUT2D eigenvalue weighted by molar-refractivity contribution is 5.94. The number of aliphatic carboxylic acids is 1. The third-order valence-corrected chi connectivity index (χ3v) is 6.26. The summed E-state index contributed by atoms with van der Waals surface area (Å²) in [4.78, 5) is 52.3. The number of hydrogen-bond acceptors (Lipinski definition) is 7. The second-order valence-electron chi connectivity index (χ2n) is 9.00. The first-order valence-corrected chi connectivity index (χ1v) is 12.0. The van der Waals surface area contributed by atoms with Gasteiger partial charge >= 0.3 is 5.97 Å². The quantitative estimate of drug-likeness (QED) is 0.234. The normalized spacial score (nSPS) is 17.5. The molecule has 11 nitrogen and oxygen atoms in total. The summed E-state index contributed by atoms with van der Waals surface area (Å²) in [5.41, 5.74) is 7.01. The Labute approximate surface area is 214 Å². The molecule has 2 aromatic carbocycles. The summed E-state index contributed by atoms with van der Waals surface area (Å²) in [5.74, 6) is -2.99. The fourth-order valence-corrected chi connectivity index (χ4v) is 4.25. The molecule has 0 spiro atoms. The van der Waals surface area contributed by atoms with Gasteiger partial charge in [-0.2, -0.15) is 0 Å². The Hall–Kier alpha value is -3.96. The summed E-state index contributed by atoms with van der Waals surface area (Å²) in [5, 5.41) is 33.4. The summed E-state index contributed by atoms with van der Waals surface area (Å²) in [6.07, 6.45) is 1.01. The lowest BCUT2D eigenvalue weighted by atomic mass is 10.0.